The van der Waals surface area contributed by atoms with Crippen LogP contribution in [0, 0.1) is 12.7 Å². The molecule has 2 N–H and O–H groups in total. The summed E-state index contributed by atoms with van der Waals surface area (Å²) in [5.41, 5.74) is 7.74. The number of rotatable bonds is 4. The molecule has 0 radical (unpaired) electrons. The third-order valence-electron chi connectivity index (χ3n) is 2.81. The lowest BCUT2D eigenvalue weighted by molar-refractivity contribution is 0.212. The minimum atomic E-state index is -0.292. The van der Waals surface area contributed by atoms with E-state index in [2.05, 4.69) is 15.9 Å². The Morgan fingerprint density at radius 2 is 1.89 bits per heavy atom. The molecule has 2 rings (SSSR count). The van der Waals surface area contributed by atoms with Gasteiger partial charge in [-0.2, -0.15) is 0 Å². The first-order chi connectivity index (χ1) is 9.10. The van der Waals surface area contributed by atoms with Crippen LogP contribution in [-0.4, -0.2) is 6.54 Å². The van der Waals surface area contributed by atoms with Gasteiger partial charge in [-0.15, -0.1) is 0 Å². The molecule has 2 aromatic carbocycles. The summed E-state index contributed by atoms with van der Waals surface area (Å²) in [4.78, 5) is 0. The molecule has 0 saturated carbocycles. The van der Waals surface area contributed by atoms with Crippen LogP contribution in [0.4, 0.5) is 4.39 Å². The first-order valence-corrected chi connectivity index (χ1v) is 6.78. The van der Waals surface area contributed by atoms with Crippen LogP contribution in [-0.2, 0) is 0 Å². The maximum atomic E-state index is 12.9. The van der Waals surface area contributed by atoms with Gasteiger partial charge in [-0.05, 0) is 58.2 Å². The van der Waals surface area contributed by atoms with Gasteiger partial charge >= 0.3 is 0 Å². The lowest BCUT2D eigenvalue weighted by atomic mass is 10.1. The van der Waals surface area contributed by atoms with Crippen molar-refractivity contribution in [2.45, 2.75) is 13.0 Å². The molecule has 1 atom stereocenters. The molecular formula is C15H15BrFNO. The van der Waals surface area contributed by atoms with Crippen LogP contribution < -0.4 is 10.5 Å². The number of aryl methyl sites for hydroxylation is 1. The van der Waals surface area contributed by atoms with Crippen molar-refractivity contribution in [1.29, 1.82) is 0 Å². The summed E-state index contributed by atoms with van der Waals surface area (Å²) in [6.45, 7) is 2.33. The van der Waals surface area contributed by atoms with Crippen LogP contribution in [0.3, 0.4) is 0 Å². The molecule has 0 fully saturated rings. The van der Waals surface area contributed by atoms with E-state index < -0.39 is 0 Å². The second-order valence-electron chi connectivity index (χ2n) is 4.33. The van der Waals surface area contributed by atoms with Crippen molar-refractivity contribution in [3.05, 3.63) is 63.9 Å². The third kappa shape index (κ3) is 3.55. The van der Waals surface area contributed by atoms with E-state index in [0.29, 0.717) is 6.54 Å². The van der Waals surface area contributed by atoms with Crippen molar-refractivity contribution >= 4 is 15.9 Å². The zero-order valence-corrected chi connectivity index (χ0v) is 12.2. The Morgan fingerprint density at radius 1 is 1.21 bits per heavy atom. The van der Waals surface area contributed by atoms with Crippen LogP contribution in [0.25, 0.3) is 0 Å². The van der Waals surface area contributed by atoms with E-state index in [4.69, 9.17) is 10.5 Å². The fourth-order valence-electron chi connectivity index (χ4n) is 1.78. The van der Waals surface area contributed by atoms with Gasteiger partial charge < -0.3 is 10.5 Å². The average Bonchev–Trinajstić information content (AvgIpc) is 2.39. The Kier molecular flexibility index (Phi) is 4.56. The first kappa shape index (κ1) is 14.0. The van der Waals surface area contributed by atoms with Gasteiger partial charge in [-0.25, -0.2) is 4.39 Å². The summed E-state index contributed by atoms with van der Waals surface area (Å²) in [7, 11) is 0. The molecule has 0 aliphatic heterocycles. The lowest BCUT2D eigenvalue weighted by Gasteiger charge is -2.19. The highest BCUT2D eigenvalue weighted by atomic mass is 79.9. The summed E-state index contributed by atoms with van der Waals surface area (Å²) in [5.74, 6) is 0.460. The quantitative estimate of drug-likeness (QED) is 0.923. The molecule has 0 spiro atoms. The standard InChI is InChI=1S/C15H15BrFNO/c1-10-2-7-14(13(16)8-10)19-15(9-18)11-3-5-12(17)6-4-11/h2-8,15H,9,18H2,1H3. The molecule has 4 heteroatoms. The summed E-state index contributed by atoms with van der Waals surface area (Å²) >= 11 is 3.46. The number of hydrogen-bond donors (Lipinski definition) is 1. The minimum Gasteiger partial charge on any atom is -0.483 e. The maximum Gasteiger partial charge on any atom is 0.136 e. The van der Waals surface area contributed by atoms with Gasteiger partial charge in [0.2, 0.25) is 0 Å². The molecule has 0 amide bonds. The number of halogens is 2. The Bertz CT molecular complexity index is 557. The van der Waals surface area contributed by atoms with Gasteiger partial charge in [-0.3, -0.25) is 0 Å². The topological polar surface area (TPSA) is 35.2 Å². The smallest absolute Gasteiger partial charge is 0.136 e. The highest BCUT2D eigenvalue weighted by Crippen LogP contribution is 2.30. The van der Waals surface area contributed by atoms with E-state index in [1.165, 1.54) is 12.1 Å². The fourth-order valence-corrected chi connectivity index (χ4v) is 2.37. The summed E-state index contributed by atoms with van der Waals surface area (Å²) in [6, 6.07) is 12.0. The summed E-state index contributed by atoms with van der Waals surface area (Å²) < 4.78 is 19.7. The highest BCUT2D eigenvalue weighted by Gasteiger charge is 2.13. The molecule has 2 nitrogen and oxygen atoms in total. The van der Waals surface area contributed by atoms with Gasteiger partial charge in [0.15, 0.2) is 0 Å². The van der Waals surface area contributed by atoms with Crippen molar-refractivity contribution in [2.24, 2.45) is 5.73 Å². The molecule has 19 heavy (non-hydrogen) atoms. The second-order valence-corrected chi connectivity index (χ2v) is 5.18. The van der Waals surface area contributed by atoms with Gasteiger partial charge in [0.1, 0.15) is 17.7 Å². The van der Waals surface area contributed by atoms with Crippen LogP contribution in [0.15, 0.2) is 46.9 Å². The van der Waals surface area contributed by atoms with Crippen molar-refractivity contribution < 1.29 is 9.13 Å². The minimum absolute atomic E-state index is 0.268. The second kappa shape index (κ2) is 6.17. The Balaban J connectivity index is 2.21. The van der Waals surface area contributed by atoms with Gasteiger partial charge in [0.25, 0.3) is 0 Å². The molecule has 100 valence electrons. The molecule has 0 aliphatic carbocycles. The van der Waals surface area contributed by atoms with Crippen LogP contribution in [0.1, 0.15) is 17.2 Å². The van der Waals surface area contributed by atoms with Crippen molar-refractivity contribution in [1.82, 2.24) is 0 Å². The van der Waals surface area contributed by atoms with Crippen LogP contribution in [0.5, 0.6) is 5.75 Å². The van der Waals surface area contributed by atoms with Gasteiger partial charge in [0.05, 0.1) is 4.47 Å². The van der Waals surface area contributed by atoms with Crippen LogP contribution >= 0.6 is 15.9 Å². The van der Waals surface area contributed by atoms with Crippen LogP contribution in [0.2, 0.25) is 0 Å². The van der Waals surface area contributed by atoms with Gasteiger partial charge in [0, 0.05) is 6.54 Å². The summed E-state index contributed by atoms with van der Waals surface area (Å²) in [6.07, 6.45) is -0.292. The number of ether oxygens (including phenoxy) is 1. The predicted molar refractivity (Wildman–Crippen MR) is 77.7 cm³/mol. The fraction of sp³-hybridized carbons (Fsp3) is 0.200. The molecule has 0 saturated heterocycles. The maximum absolute atomic E-state index is 12.9. The number of hydrogen-bond acceptors (Lipinski definition) is 2. The van der Waals surface area contributed by atoms with E-state index in [0.717, 1.165) is 21.3 Å². The number of nitrogens with two attached hydrogens (primary N) is 1. The largest absolute Gasteiger partial charge is 0.483 e. The van der Waals surface area contributed by atoms with E-state index >= 15 is 0 Å². The van der Waals surface area contributed by atoms with E-state index in [-0.39, 0.29) is 11.9 Å². The van der Waals surface area contributed by atoms with E-state index in [9.17, 15) is 4.39 Å². The first-order valence-electron chi connectivity index (χ1n) is 5.98. The Labute approximate surface area is 120 Å². The zero-order valence-electron chi connectivity index (χ0n) is 10.6. The molecule has 2 aromatic rings. The number of benzene rings is 2. The zero-order chi connectivity index (χ0) is 13.8. The third-order valence-corrected chi connectivity index (χ3v) is 3.43. The monoisotopic (exact) mass is 323 g/mol. The predicted octanol–water partition coefficient (Wildman–Crippen LogP) is 3.98. The van der Waals surface area contributed by atoms with E-state index in [1.807, 2.05) is 25.1 Å². The molecule has 0 aromatic heterocycles. The molecule has 0 aliphatic rings. The van der Waals surface area contributed by atoms with Gasteiger partial charge in [-0.1, -0.05) is 18.2 Å². The molecule has 0 heterocycles. The lowest BCUT2D eigenvalue weighted by Crippen LogP contribution is -2.18. The Hall–Kier alpha value is -1.39. The highest BCUT2D eigenvalue weighted by molar-refractivity contribution is 9.10. The Morgan fingerprint density at radius 3 is 2.47 bits per heavy atom. The molecule has 0 bridgehead atoms. The summed E-state index contributed by atoms with van der Waals surface area (Å²) in [5, 5.41) is 0. The van der Waals surface area contributed by atoms with Crippen molar-refractivity contribution in [2.75, 3.05) is 6.54 Å². The van der Waals surface area contributed by atoms with Crippen molar-refractivity contribution in [3.63, 3.8) is 0 Å². The van der Waals surface area contributed by atoms with E-state index in [1.54, 1.807) is 12.1 Å². The van der Waals surface area contributed by atoms with Crippen molar-refractivity contribution in [3.8, 4) is 5.75 Å². The SMILES string of the molecule is Cc1ccc(OC(CN)c2ccc(F)cc2)c(Br)c1. The molecular weight excluding hydrogens is 309 g/mol. The average molecular weight is 324 g/mol. The molecule has 1 unspecified atom stereocenters. The normalized spacial score (nSPS) is 12.2.